The molecule has 0 heterocycles. The van der Waals surface area contributed by atoms with Gasteiger partial charge in [-0.1, -0.05) is 32.9 Å². The molecule has 1 atom stereocenters. The molecule has 1 unspecified atom stereocenters. The van der Waals surface area contributed by atoms with Gasteiger partial charge in [0.05, 0.1) is 0 Å². The number of hydrogen-bond donors (Lipinski definition) is 0. The predicted molar refractivity (Wildman–Crippen MR) is 62.4 cm³/mol. The van der Waals surface area contributed by atoms with Gasteiger partial charge in [0.25, 0.3) is 0 Å². The molecule has 0 spiro atoms. The van der Waals surface area contributed by atoms with E-state index in [1.165, 1.54) is 9.13 Å². The molecule has 0 aromatic heterocycles. The molecule has 0 N–H and O–H groups in total. The van der Waals surface area contributed by atoms with E-state index in [2.05, 4.69) is 67.6 Å². The van der Waals surface area contributed by atoms with E-state index >= 15 is 0 Å². The van der Waals surface area contributed by atoms with Crippen LogP contribution in [-0.2, 0) is 0 Å². The minimum Gasteiger partial charge on any atom is -0.0622 e. The monoisotopic (exact) mass is 274 g/mol. The lowest BCUT2D eigenvalue weighted by atomic mass is 9.91. The molecule has 1 rings (SSSR count). The van der Waals surface area contributed by atoms with Gasteiger partial charge in [0.2, 0.25) is 0 Å². The van der Waals surface area contributed by atoms with Gasteiger partial charge in [-0.25, -0.2) is 0 Å². The van der Waals surface area contributed by atoms with Crippen LogP contribution < -0.4 is 0 Å². The Kier molecular flexibility index (Phi) is 3.56. The summed E-state index contributed by atoms with van der Waals surface area (Å²) in [6, 6.07) is 8.76. The van der Waals surface area contributed by atoms with Crippen molar-refractivity contribution in [3.05, 3.63) is 33.4 Å². The van der Waals surface area contributed by atoms with Crippen molar-refractivity contribution in [1.29, 1.82) is 0 Å². The summed E-state index contributed by atoms with van der Waals surface area (Å²) in [5.74, 6) is 1.39. The second-order valence-electron chi connectivity index (χ2n) is 3.59. The van der Waals surface area contributed by atoms with E-state index in [9.17, 15) is 0 Å². The van der Waals surface area contributed by atoms with Crippen LogP contribution >= 0.6 is 22.6 Å². The minimum atomic E-state index is 0.666. The van der Waals surface area contributed by atoms with Crippen LogP contribution in [-0.4, -0.2) is 0 Å². The van der Waals surface area contributed by atoms with E-state index in [-0.39, 0.29) is 0 Å². The fraction of sp³-hybridized carbons (Fsp3) is 0.455. The van der Waals surface area contributed by atoms with Crippen molar-refractivity contribution in [2.75, 3.05) is 0 Å². The molecular formula is C11H15I. The number of halogens is 1. The van der Waals surface area contributed by atoms with Crippen molar-refractivity contribution in [2.24, 2.45) is 5.92 Å². The maximum Gasteiger partial charge on any atom is 0.0133 e. The standard InChI is InChI=1S/C11H15I/c1-8(2)9(3)10-5-4-6-11(12)7-10/h4-9H,1-3H3. The van der Waals surface area contributed by atoms with E-state index in [1.54, 1.807) is 0 Å². The SMILES string of the molecule is CC(C)C(C)c1cccc(I)c1. The van der Waals surface area contributed by atoms with Crippen molar-refractivity contribution in [2.45, 2.75) is 26.7 Å². The maximum atomic E-state index is 2.36. The molecule has 0 aliphatic heterocycles. The summed E-state index contributed by atoms with van der Waals surface area (Å²) in [6.45, 7) is 6.82. The minimum absolute atomic E-state index is 0.666. The summed E-state index contributed by atoms with van der Waals surface area (Å²) in [5.41, 5.74) is 1.46. The van der Waals surface area contributed by atoms with Crippen molar-refractivity contribution in [3.63, 3.8) is 0 Å². The van der Waals surface area contributed by atoms with Crippen LogP contribution in [0.1, 0.15) is 32.3 Å². The van der Waals surface area contributed by atoms with E-state index in [0.29, 0.717) is 5.92 Å². The molecule has 0 fully saturated rings. The number of benzene rings is 1. The molecule has 66 valence electrons. The molecule has 0 radical (unpaired) electrons. The second kappa shape index (κ2) is 4.26. The summed E-state index contributed by atoms with van der Waals surface area (Å²) in [5, 5.41) is 0. The Hall–Kier alpha value is -0.0500. The molecule has 1 aromatic carbocycles. The second-order valence-corrected chi connectivity index (χ2v) is 4.83. The Labute approximate surface area is 88.5 Å². The Bertz CT molecular complexity index is 253. The van der Waals surface area contributed by atoms with Gasteiger partial charge in [0.15, 0.2) is 0 Å². The third-order valence-corrected chi connectivity index (χ3v) is 3.05. The zero-order chi connectivity index (χ0) is 9.14. The van der Waals surface area contributed by atoms with Crippen molar-refractivity contribution < 1.29 is 0 Å². The lowest BCUT2D eigenvalue weighted by molar-refractivity contribution is 0.535. The van der Waals surface area contributed by atoms with Crippen molar-refractivity contribution in [1.82, 2.24) is 0 Å². The zero-order valence-corrected chi connectivity index (χ0v) is 10.00. The van der Waals surface area contributed by atoms with Crippen molar-refractivity contribution in [3.8, 4) is 0 Å². The highest BCUT2D eigenvalue weighted by molar-refractivity contribution is 14.1. The molecule has 12 heavy (non-hydrogen) atoms. The molecule has 0 saturated heterocycles. The van der Waals surface area contributed by atoms with Gasteiger partial charge in [0, 0.05) is 3.57 Å². The van der Waals surface area contributed by atoms with E-state index in [4.69, 9.17) is 0 Å². The Morgan fingerprint density at radius 3 is 2.33 bits per heavy atom. The van der Waals surface area contributed by atoms with Crippen molar-refractivity contribution >= 4 is 22.6 Å². The average Bonchev–Trinajstić information content (AvgIpc) is 2.03. The van der Waals surface area contributed by atoms with E-state index < -0.39 is 0 Å². The Balaban J connectivity index is 2.88. The molecular weight excluding hydrogens is 259 g/mol. The maximum absolute atomic E-state index is 2.36. The quantitative estimate of drug-likeness (QED) is 0.714. The van der Waals surface area contributed by atoms with Gasteiger partial charge < -0.3 is 0 Å². The van der Waals surface area contributed by atoms with Crippen LogP contribution in [0.25, 0.3) is 0 Å². The summed E-state index contributed by atoms with van der Waals surface area (Å²) < 4.78 is 1.33. The smallest absolute Gasteiger partial charge is 0.0133 e. The summed E-state index contributed by atoms with van der Waals surface area (Å²) in [6.07, 6.45) is 0. The highest BCUT2D eigenvalue weighted by Crippen LogP contribution is 2.24. The van der Waals surface area contributed by atoms with Crippen LogP contribution in [0.15, 0.2) is 24.3 Å². The Morgan fingerprint density at radius 2 is 1.83 bits per heavy atom. The number of rotatable bonds is 2. The highest BCUT2D eigenvalue weighted by Gasteiger charge is 2.09. The van der Waals surface area contributed by atoms with Gasteiger partial charge in [-0.05, 0) is 52.1 Å². The average molecular weight is 274 g/mol. The first-order valence-electron chi connectivity index (χ1n) is 4.36. The predicted octanol–water partition coefficient (Wildman–Crippen LogP) is 4.05. The molecule has 1 aromatic rings. The first-order valence-corrected chi connectivity index (χ1v) is 5.44. The first kappa shape index (κ1) is 10.0. The largest absolute Gasteiger partial charge is 0.0622 e. The highest BCUT2D eigenvalue weighted by atomic mass is 127. The summed E-state index contributed by atoms with van der Waals surface area (Å²) >= 11 is 2.36. The van der Waals surface area contributed by atoms with Crippen LogP contribution in [0, 0.1) is 9.49 Å². The number of hydrogen-bond acceptors (Lipinski definition) is 0. The fourth-order valence-corrected chi connectivity index (χ4v) is 1.74. The summed E-state index contributed by atoms with van der Waals surface area (Å²) in [7, 11) is 0. The first-order chi connectivity index (χ1) is 5.61. The third kappa shape index (κ3) is 2.47. The van der Waals surface area contributed by atoms with Gasteiger partial charge in [-0.2, -0.15) is 0 Å². The topological polar surface area (TPSA) is 0 Å². The lowest BCUT2D eigenvalue weighted by Crippen LogP contribution is -2.01. The van der Waals surface area contributed by atoms with Crippen LogP contribution in [0.2, 0.25) is 0 Å². The molecule has 0 bridgehead atoms. The normalized spacial score (nSPS) is 13.4. The van der Waals surface area contributed by atoms with Gasteiger partial charge in [-0.3, -0.25) is 0 Å². The molecule has 0 aliphatic rings. The fourth-order valence-electron chi connectivity index (χ4n) is 1.17. The molecule has 1 heteroatoms. The third-order valence-electron chi connectivity index (χ3n) is 2.37. The van der Waals surface area contributed by atoms with E-state index in [0.717, 1.165) is 5.92 Å². The van der Waals surface area contributed by atoms with E-state index in [1.807, 2.05) is 0 Å². The van der Waals surface area contributed by atoms with Crippen LogP contribution in [0.4, 0.5) is 0 Å². The van der Waals surface area contributed by atoms with Crippen LogP contribution in [0.5, 0.6) is 0 Å². The van der Waals surface area contributed by atoms with Crippen LogP contribution in [0.3, 0.4) is 0 Å². The lowest BCUT2D eigenvalue weighted by Gasteiger charge is -2.15. The van der Waals surface area contributed by atoms with Gasteiger partial charge in [0.1, 0.15) is 0 Å². The van der Waals surface area contributed by atoms with Gasteiger partial charge in [-0.15, -0.1) is 0 Å². The molecule has 0 saturated carbocycles. The molecule has 0 aliphatic carbocycles. The molecule has 0 amide bonds. The zero-order valence-electron chi connectivity index (χ0n) is 7.84. The summed E-state index contributed by atoms with van der Waals surface area (Å²) in [4.78, 5) is 0. The van der Waals surface area contributed by atoms with Gasteiger partial charge >= 0.3 is 0 Å². The molecule has 0 nitrogen and oxygen atoms in total. The Morgan fingerprint density at radius 1 is 1.17 bits per heavy atom.